The van der Waals surface area contributed by atoms with Gasteiger partial charge in [0.2, 0.25) is 0 Å². The van der Waals surface area contributed by atoms with Crippen LogP contribution in [0.3, 0.4) is 0 Å². The molecule has 2 saturated heterocycles. The third-order valence-corrected chi connectivity index (χ3v) is 4.46. The van der Waals surface area contributed by atoms with Crippen LogP contribution >= 0.6 is 0 Å². The molecule has 2 heterocycles. The van der Waals surface area contributed by atoms with Crippen LogP contribution in [0.25, 0.3) is 0 Å². The van der Waals surface area contributed by atoms with Gasteiger partial charge in [0.1, 0.15) is 0 Å². The van der Waals surface area contributed by atoms with E-state index >= 15 is 0 Å². The van der Waals surface area contributed by atoms with Gasteiger partial charge >= 0.3 is 0 Å². The monoisotopic (exact) mass is 255 g/mol. The van der Waals surface area contributed by atoms with E-state index in [2.05, 4.69) is 28.5 Å². The zero-order valence-electron chi connectivity index (χ0n) is 12.1. The van der Waals surface area contributed by atoms with Gasteiger partial charge in [-0.15, -0.1) is 0 Å². The van der Waals surface area contributed by atoms with Gasteiger partial charge in [0.05, 0.1) is 13.2 Å². The Morgan fingerprint density at radius 2 is 1.44 bits per heavy atom. The second-order valence-corrected chi connectivity index (χ2v) is 5.59. The second kappa shape index (κ2) is 7.43. The van der Waals surface area contributed by atoms with Gasteiger partial charge in [-0.25, -0.2) is 0 Å². The lowest BCUT2D eigenvalue weighted by atomic mass is 10.2. The molecule has 0 spiro atoms. The minimum absolute atomic E-state index is 0.756. The molecule has 0 bridgehead atoms. The Kier molecular flexibility index (Phi) is 5.89. The fraction of sp³-hybridized carbons (Fsp3) is 1.00. The largest absolute Gasteiger partial charge is 0.379 e. The topological polar surface area (TPSA) is 19.0 Å². The first kappa shape index (κ1) is 14.3. The summed E-state index contributed by atoms with van der Waals surface area (Å²) in [4.78, 5) is 7.78. The fourth-order valence-electron chi connectivity index (χ4n) is 2.79. The molecule has 0 N–H and O–H groups in total. The lowest BCUT2D eigenvalue weighted by Gasteiger charge is -2.38. The van der Waals surface area contributed by atoms with Crippen LogP contribution in [0.2, 0.25) is 0 Å². The van der Waals surface area contributed by atoms with Gasteiger partial charge in [-0.2, -0.15) is 0 Å². The second-order valence-electron chi connectivity index (χ2n) is 5.59. The van der Waals surface area contributed by atoms with Crippen molar-refractivity contribution in [2.75, 3.05) is 65.6 Å². The summed E-state index contributed by atoms with van der Waals surface area (Å²) in [5.41, 5.74) is 0. The lowest BCUT2D eigenvalue weighted by Crippen LogP contribution is -2.51. The third-order valence-electron chi connectivity index (χ3n) is 4.46. The van der Waals surface area contributed by atoms with Crippen molar-refractivity contribution >= 4 is 0 Å². The van der Waals surface area contributed by atoms with E-state index in [0.29, 0.717) is 0 Å². The van der Waals surface area contributed by atoms with Gasteiger partial charge in [0, 0.05) is 58.4 Å². The average Bonchev–Trinajstić information content (AvgIpc) is 2.46. The van der Waals surface area contributed by atoms with Crippen LogP contribution in [0.15, 0.2) is 0 Å². The lowest BCUT2D eigenvalue weighted by molar-refractivity contribution is 0.0282. The molecule has 0 radical (unpaired) electrons. The van der Waals surface area contributed by atoms with Gasteiger partial charge in [0.15, 0.2) is 0 Å². The molecule has 0 aliphatic carbocycles. The van der Waals surface area contributed by atoms with Crippen LogP contribution in [0.5, 0.6) is 0 Å². The van der Waals surface area contributed by atoms with Gasteiger partial charge in [-0.05, 0) is 13.3 Å². The summed E-state index contributed by atoms with van der Waals surface area (Å²) >= 11 is 0. The van der Waals surface area contributed by atoms with E-state index in [4.69, 9.17) is 4.74 Å². The standard InChI is InChI=1S/C14H29N3O/c1-3-14(2)17-8-6-15(7-9-17)4-5-16-10-12-18-13-11-16/h14H,3-13H2,1-2H3. The maximum atomic E-state index is 5.38. The molecule has 0 aromatic rings. The Morgan fingerprint density at radius 1 is 0.889 bits per heavy atom. The van der Waals surface area contributed by atoms with E-state index in [-0.39, 0.29) is 0 Å². The molecule has 2 aliphatic heterocycles. The van der Waals surface area contributed by atoms with Crippen LogP contribution < -0.4 is 0 Å². The Balaban J connectivity index is 1.61. The highest BCUT2D eigenvalue weighted by Gasteiger charge is 2.20. The van der Waals surface area contributed by atoms with Crippen molar-refractivity contribution in [3.05, 3.63) is 0 Å². The Labute approximate surface area is 112 Å². The summed E-state index contributed by atoms with van der Waals surface area (Å²) in [6.45, 7) is 16.1. The highest BCUT2D eigenvalue weighted by atomic mass is 16.5. The van der Waals surface area contributed by atoms with E-state index < -0.39 is 0 Å². The Hall–Kier alpha value is -0.160. The first-order chi connectivity index (χ1) is 8.79. The van der Waals surface area contributed by atoms with E-state index in [1.165, 1.54) is 45.7 Å². The first-order valence-electron chi connectivity index (χ1n) is 7.56. The molecule has 2 aliphatic rings. The fourth-order valence-corrected chi connectivity index (χ4v) is 2.79. The van der Waals surface area contributed by atoms with Crippen molar-refractivity contribution in [2.45, 2.75) is 26.3 Å². The molecule has 0 aromatic heterocycles. The summed E-state index contributed by atoms with van der Waals surface area (Å²) in [6, 6.07) is 0.756. The minimum atomic E-state index is 0.756. The quantitative estimate of drug-likeness (QED) is 0.721. The molecule has 0 saturated carbocycles. The summed E-state index contributed by atoms with van der Waals surface area (Å²) in [5.74, 6) is 0. The van der Waals surface area contributed by atoms with Gasteiger partial charge in [-0.3, -0.25) is 14.7 Å². The predicted octanol–water partition coefficient (Wildman–Crippen LogP) is 0.735. The molecule has 18 heavy (non-hydrogen) atoms. The molecular formula is C14H29N3O. The molecular weight excluding hydrogens is 226 g/mol. The molecule has 0 aromatic carbocycles. The SMILES string of the molecule is CCC(C)N1CCN(CCN2CCOCC2)CC1. The van der Waals surface area contributed by atoms with Gasteiger partial charge < -0.3 is 4.74 Å². The smallest absolute Gasteiger partial charge is 0.0594 e. The molecule has 1 atom stereocenters. The number of piperazine rings is 1. The highest BCUT2D eigenvalue weighted by Crippen LogP contribution is 2.08. The van der Waals surface area contributed by atoms with Crippen LogP contribution in [-0.4, -0.2) is 86.3 Å². The van der Waals surface area contributed by atoms with Crippen molar-refractivity contribution in [1.29, 1.82) is 0 Å². The maximum absolute atomic E-state index is 5.38. The number of morpholine rings is 1. The van der Waals surface area contributed by atoms with Crippen molar-refractivity contribution < 1.29 is 4.74 Å². The Morgan fingerprint density at radius 3 is 2.00 bits per heavy atom. The number of hydrogen-bond acceptors (Lipinski definition) is 4. The number of hydrogen-bond donors (Lipinski definition) is 0. The normalized spacial score (nSPS) is 26.3. The van der Waals surface area contributed by atoms with Crippen LogP contribution in [-0.2, 0) is 4.74 Å². The van der Waals surface area contributed by atoms with E-state index in [1.807, 2.05) is 0 Å². The number of ether oxygens (including phenoxy) is 1. The van der Waals surface area contributed by atoms with Crippen molar-refractivity contribution in [2.24, 2.45) is 0 Å². The van der Waals surface area contributed by atoms with Crippen LogP contribution in [0.4, 0.5) is 0 Å². The van der Waals surface area contributed by atoms with Crippen LogP contribution in [0.1, 0.15) is 20.3 Å². The van der Waals surface area contributed by atoms with Gasteiger partial charge in [-0.1, -0.05) is 6.92 Å². The van der Waals surface area contributed by atoms with Crippen molar-refractivity contribution in [3.63, 3.8) is 0 Å². The summed E-state index contributed by atoms with van der Waals surface area (Å²) < 4.78 is 5.38. The predicted molar refractivity (Wildman–Crippen MR) is 75.0 cm³/mol. The molecule has 1 unspecified atom stereocenters. The Bertz CT molecular complexity index is 223. The van der Waals surface area contributed by atoms with E-state index in [9.17, 15) is 0 Å². The van der Waals surface area contributed by atoms with Crippen molar-refractivity contribution in [3.8, 4) is 0 Å². The number of rotatable bonds is 5. The maximum Gasteiger partial charge on any atom is 0.0594 e. The number of nitrogens with zero attached hydrogens (tertiary/aromatic N) is 3. The van der Waals surface area contributed by atoms with E-state index in [0.717, 1.165) is 32.3 Å². The summed E-state index contributed by atoms with van der Waals surface area (Å²) in [7, 11) is 0. The minimum Gasteiger partial charge on any atom is -0.379 e. The van der Waals surface area contributed by atoms with E-state index in [1.54, 1.807) is 0 Å². The zero-order chi connectivity index (χ0) is 12.8. The molecule has 2 fully saturated rings. The average molecular weight is 255 g/mol. The molecule has 106 valence electrons. The highest BCUT2D eigenvalue weighted by molar-refractivity contribution is 4.76. The van der Waals surface area contributed by atoms with Gasteiger partial charge in [0.25, 0.3) is 0 Å². The van der Waals surface area contributed by atoms with Crippen LogP contribution in [0, 0.1) is 0 Å². The first-order valence-corrected chi connectivity index (χ1v) is 7.56. The summed E-state index contributed by atoms with van der Waals surface area (Å²) in [6.07, 6.45) is 1.27. The molecule has 2 rings (SSSR count). The third kappa shape index (κ3) is 4.19. The molecule has 0 amide bonds. The zero-order valence-corrected chi connectivity index (χ0v) is 12.1. The summed E-state index contributed by atoms with van der Waals surface area (Å²) in [5, 5.41) is 0. The molecule has 4 heteroatoms. The van der Waals surface area contributed by atoms with Crippen molar-refractivity contribution in [1.82, 2.24) is 14.7 Å². The molecule has 4 nitrogen and oxygen atoms in total.